The van der Waals surface area contributed by atoms with Gasteiger partial charge in [0, 0.05) is 9.37 Å². The van der Waals surface area contributed by atoms with Crippen LogP contribution in [0.3, 0.4) is 0 Å². The molecule has 0 heterocycles. The van der Waals surface area contributed by atoms with E-state index in [0.717, 1.165) is 4.47 Å². The maximum Gasteiger partial charge on any atom is 0.0186 e. The van der Waals surface area contributed by atoms with Crippen molar-refractivity contribution < 1.29 is 0 Å². The smallest absolute Gasteiger partial charge is 0.0186 e. The van der Waals surface area contributed by atoms with Gasteiger partial charge in [0.05, 0.1) is 0 Å². The van der Waals surface area contributed by atoms with E-state index in [0.29, 0.717) is 0 Å². The second kappa shape index (κ2) is 3.28. The third-order valence-corrected chi connectivity index (χ3v) is 2.13. The number of hydrogen-bond acceptors (Lipinski definition) is 1. The molecule has 1 aromatic rings. The number of thioether (sulfide) groups is 1. The van der Waals surface area contributed by atoms with E-state index >= 15 is 0 Å². The van der Waals surface area contributed by atoms with E-state index in [2.05, 4.69) is 22.0 Å². The van der Waals surface area contributed by atoms with Crippen molar-refractivity contribution >= 4 is 27.7 Å². The predicted molar refractivity (Wildman–Crippen MR) is 44.8 cm³/mol. The zero-order chi connectivity index (χ0) is 6.69. The van der Waals surface area contributed by atoms with Crippen LogP contribution >= 0.6 is 27.7 Å². The molecule has 0 saturated carbocycles. The molecule has 0 aliphatic carbocycles. The summed E-state index contributed by atoms with van der Waals surface area (Å²) in [5.74, 6) is 0. The Morgan fingerprint density at radius 1 is 1.67 bits per heavy atom. The molecule has 0 N–H and O–H groups in total. The summed E-state index contributed by atoms with van der Waals surface area (Å²) in [6.45, 7) is 0. The molecular formula is C7H6BrS. The maximum absolute atomic E-state index is 3.37. The van der Waals surface area contributed by atoms with Crippen molar-refractivity contribution in [1.82, 2.24) is 0 Å². The summed E-state index contributed by atoms with van der Waals surface area (Å²) < 4.78 is 1.12. The van der Waals surface area contributed by atoms with Crippen LogP contribution in [0.2, 0.25) is 0 Å². The van der Waals surface area contributed by atoms with E-state index in [1.165, 1.54) is 4.90 Å². The lowest BCUT2D eigenvalue weighted by molar-refractivity contribution is 1.42. The van der Waals surface area contributed by atoms with E-state index in [1.807, 2.05) is 24.5 Å². The SMILES string of the molecule is CSc1[c]ccc(Br)c1. The average Bonchev–Trinajstić information content (AvgIpc) is 1.88. The molecule has 0 nitrogen and oxygen atoms in total. The van der Waals surface area contributed by atoms with Crippen LogP contribution in [0, 0.1) is 6.07 Å². The number of hydrogen-bond donors (Lipinski definition) is 0. The summed E-state index contributed by atoms with van der Waals surface area (Å²) in [6.07, 6.45) is 2.04. The van der Waals surface area contributed by atoms with Crippen LogP contribution in [0.4, 0.5) is 0 Å². The largest absolute Gasteiger partial charge is 0.129 e. The van der Waals surface area contributed by atoms with Crippen molar-refractivity contribution in [3.8, 4) is 0 Å². The highest BCUT2D eigenvalue weighted by Crippen LogP contribution is 2.18. The van der Waals surface area contributed by atoms with Crippen LogP contribution in [-0.2, 0) is 0 Å². The summed E-state index contributed by atoms with van der Waals surface area (Å²) in [5, 5.41) is 0. The topological polar surface area (TPSA) is 0 Å². The van der Waals surface area contributed by atoms with Gasteiger partial charge in [-0.3, -0.25) is 0 Å². The molecule has 47 valence electrons. The fraction of sp³-hybridized carbons (Fsp3) is 0.143. The van der Waals surface area contributed by atoms with Crippen molar-refractivity contribution in [2.75, 3.05) is 6.26 Å². The Morgan fingerprint density at radius 3 is 2.89 bits per heavy atom. The summed E-state index contributed by atoms with van der Waals surface area (Å²) in [6, 6.07) is 9.02. The lowest BCUT2D eigenvalue weighted by Gasteiger charge is -1.92. The average molecular weight is 202 g/mol. The highest BCUT2D eigenvalue weighted by molar-refractivity contribution is 9.10. The van der Waals surface area contributed by atoms with Crippen molar-refractivity contribution in [2.45, 2.75) is 4.90 Å². The first-order valence-corrected chi connectivity index (χ1v) is 4.56. The van der Waals surface area contributed by atoms with Gasteiger partial charge < -0.3 is 0 Å². The molecule has 0 amide bonds. The molecule has 0 saturated heterocycles. The zero-order valence-corrected chi connectivity index (χ0v) is 7.42. The summed E-state index contributed by atoms with van der Waals surface area (Å²) in [5.41, 5.74) is 0. The van der Waals surface area contributed by atoms with E-state index in [-0.39, 0.29) is 0 Å². The minimum absolute atomic E-state index is 1.12. The minimum atomic E-state index is 1.12. The van der Waals surface area contributed by atoms with E-state index in [4.69, 9.17) is 0 Å². The van der Waals surface area contributed by atoms with Gasteiger partial charge in [-0.05, 0) is 24.5 Å². The lowest BCUT2D eigenvalue weighted by atomic mass is 10.4. The predicted octanol–water partition coefficient (Wildman–Crippen LogP) is 2.97. The van der Waals surface area contributed by atoms with Crippen LogP contribution in [0.5, 0.6) is 0 Å². The van der Waals surface area contributed by atoms with Gasteiger partial charge in [0.25, 0.3) is 0 Å². The lowest BCUT2D eigenvalue weighted by Crippen LogP contribution is -1.67. The van der Waals surface area contributed by atoms with Crippen LogP contribution < -0.4 is 0 Å². The molecular weight excluding hydrogens is 196 g/mol. The fourth-order valence-corrected chi connectivity index (χ4v) is 1.48. The van der Waals surface area contributed by atoms with Crippen molar-refractivity contribution in [2.24, 2.45) is 0 Å². The monoisotopic (exact) mass is 201 g/mol. The highest BCUT2D eigenvalue weighted by atomic mass is 79.9. The molecule has 0 aliphatic rings. The molecule has 1 aromatic carbocycles. The summed E-state index contributed by atoms with van der Waals surface area (Å²) in [7, 11) is 0. The van der Waals surface area contributed by atoms with Gasteiger partial charge in [-0.2, -0.15) is 0 Å². The third-order valence-electron chi connectivity index (χ3n) is 0.957. The molecule has 0 bridgehead atoms. The van der Waals surface area contributed by atoms with Crippen LogP contribution in [0.25, 0.3) is 0 Å². The quantitative estimate of drug-likeness (QED) is 0.631. The van der Waals surface area contributed by atoms with Gasteiger partial charge in [-0.25, -0.2) is 0 Å². The van der Waals surface area contributed by atoms with Gasteiger partial charge in [0.1, 0.15) is 0 Å². The molecule has 0 unspecified atom stereocenters. The molecule has 0 atom stereocenters. The van der Waals surface area contributed by atoms with Gasteiger partial charge in [0.15, 0.2) is 0 Å². The van der Waals surface area contributed by atoms with Gasteiger partial charge in [-0.15, -0.1) is 11.8 Å². The van der Waals surface area contributed by atoms with Crippen molar-refractivity contribution in [3.63, 3.8) is 0 Å². The van der Waals surface area contributed by atoms with E-state index in [9.17, 15) is 0 Å². The molecule has 1 rings (SSSR count). The van der Waals surface area contributed by atoms with Crippen LogP contribution in [0.15, 0.2) is 27.6 Å². The van der Waals surface area contributed by atoms with Crippen LogP contribution in [-0.4, -0.2) is 6.26 Å². The Hall–Kier alpha value is 0.0500. The van der Waals surface area contributed by atoms with Crippen molar-refractivity contribution in [1.29, 1.82) is 0 Å². The fourth-order valence-electron chi connectivity index (χ4n) is 0.536. The first kappa shape index (κ1) is 7.16. The second-order valence-electron chi connectivity index (χ2n) is 1.58. The number of benzene rings is 1. The molecule has 2 heteroatoms. The molecule has 0 spiro atoms. The van der Waals surface area contributed by atoms with E-state index in [1.54, 1.807) is 11.8 Å². The van der Waals surface area contributed by atoms with Gasteiger partial charge in [-0.1, -0.05) is 22.0 Å². The second-order valence-corrected chi connectivity index (χ2v) is 3.34. The first-order chi connectivity index (χ1) is 4.33. The maximum atomic E-state index is 3.37. The Bertz CT molecular complexity index is 198. The number of rotatable bonds is 1. The molecule has 0 fully saturated rings. The minimum Gasteiger partial charge on any atom is -0.129 e. The molecule has 0 aliphatic heterocycles. The standard InChI is InChI=1S/C7H6BrS/c1-9-7-4-2-3-6(8)5-7/h2-3,5H,1H3. The summed E-state index contributed by atoms with van der Waals surface area (Å²) in [4.78, 5) is 1.17. The normalized spacial score (nSPS) is 9.56. The van der Waals surface area contributed by atoms with Gasteiger partial charge >= 0.3 is 0 Å². The Labute approximate surface area is 67.8 Å². The zero-order valence-electron chi connectivity index (χ0n) is 5.02. The molecule has 9 heavy (non-hydrogen) atoms. The first-order valence-electron chi connectivity index (χ1n) is 2.54. The van der Waals surface area contributed by atoms with Crippen LogP contribution in [0.1, 0.15) is 0 Å². The summed E-state index contributed by atoms with van der Waals surface area (Å²) >= 11 is 5.07. The number of halogens is 1. The Morgan fingerprint density at radius 2 is 2.44 bits per heavy atom. The third kappa shape index (κ3) is 2.03. The Balaban J connectivity index is 2.94. The van der Waals surface area contributed by atoms with E-state index < -0.39 is 0 Å². The highest BCUT2D eigenvalue weighted by Gasteiger charge is 1.88. The van der Waals surface area contributed by atoms with Crippen molar-refractivity contribution in [3.05, 3.63) is 28.7 Å². The molecule has 0 aromatic heterocycles. The van der Waals surface area contributed by atoms with Gasteiger partial charge in [0.2, 0.25) is 0 Å². The molecule has 1 radical (unpaired) electrons. The Kier molecular flexibility index (Phi) is 2.61.